The molecule has 3 rings (SSSR count). The summed E-state index contributed by atoms with van der Waals surface area (Å²) in [6.45, 7) is 1.82. The maximum atomic E-state index is 12.6. The minimum absolute atomic E-state index is 0.0478. The lowest BCUT2D eigenvalue weighted by Crippen LogP contribution is -2.70. The van der Waals surface area contributed by atoms with E-state index in [0.717, 1.165) is 5.01 Å². The monoisotopic (exact) mass is 486 g/mol. The number of fused-ring (bicyclic) bond motifs is 1. The quantitative estimate of drug-likeness (QED) is 0.239. The number of carbonyl (C=O) groups excluding carboxylic acids is 3. The van der Waals surface area contributed by atoms with Gasteiger partial charge in [0.05, 0.1) is 0 Å². The van der Waals surface area contributed by atoms with E-state index in [1.807, 2.05) is 6.92 Å². The second kappa shape index (κ2) is 9.78. The lowest BCUT2D eigenvalue weighted by atomic mass is 10.0. The van der Waals surface area contributed by atoms with Gasteiger partial charge in [-0.1, -0.05) is 23.1 Å². The Hall–Kier alpha value is -2.45. The van der Waals surface area contributed by atoms with Crippen LogP contribution in [0.25, 0.3) is 0 Å². The molecule has 2 atom stereocenters. The highest BCUT2D eigenvalue weighted by atomic mass is 32.2. The number of carbonyl (C=O) groups is 5. The fourth-order valence-corrected chi connectivity index (χ4v) is 6.34. The molecule has 1 aromatic heterocycles. The van der Waals surface area contributed by atoms with Crippen molar-refractivity contribution in [3.63, 3.8) is 0 Å². The van der Waals surface area contributed by atoms with Crippen LogP contribution in [0.4, 0.5) is 0 Å². The highest BCUT2D eigenvalue weighted by molar-refractivity contribution is 8.01. The second-order valence-electron chi connectivity index (χ2n) is 6.67. The Labute approximate surface area is 188 Å². The zero-order chi connectivity index (χ0) is 22.7. The first-order chi connectivity index (χ1) is 14.7. The molecule has 0 saturated carbocycles. The van der Waals surface area contributed by atoms with Crippen LogP contribution in [0.15, 0.2) is 15.6 Å². The predicted octanol–water partition coefficient (Wildman–Crippen LogP) is 0.501. The zero-order valence-corrected chi connectivity index (χ0v) is 18.6. The molecule has 1 fully saturated rings. The van der Waals surface area contributed by atoms with E-state index in [1.165, 1.54) is 39.8 Å². The average Bonchev–Trinajstić information content (AvgIpc) is 3.14. The number of thioether (sulfide) groups is 2. The molecule has 11 nitrogen and oxygen atoms in total. The lowest BCUT2D eigenvalue weighted by Gasteiger charge is -2.49. The van der Waals surface area contributed by atoms with E-state index in [1.54, 1.807) is 0 Å². The molecule has 0 aromatic carbocycles. The Morgan fingerprint density at radius 3 is 2.58 bits per heavy atom. The molecule has 31 heavy (non-hydrogen) atoms. The van der Waals surface area contributed by atoms with Gasteiger partial charge in [-0.2, -0.15) is 0 Å². The maximum absolute atomic E-state index is 12.6. The van der Waals surface area contributed by atoms with E-state index >= 15 is 0 Å². The molecule has 0 spiro atoms. The Kier molecular flexibility index (Phi) is 7.33. The summed E-state index contributed by atoms with van der Waals surface area (Å²) in [5.74, 6) is -4.00. The molecular weight excluding hydrogens is 468 g/mol. The molecule has 0 unspecified atom stereocenters. The van der Waals surface area contributed by atoms with Crippen LogP contribution in [0.3, 0.4) is 0 Å². The third-order valence-corrected chi connectivity index (χ3v) is 7.89. The van der Waals surface area contributed by atoms with E-state index in [9.17, 15) is 29.1 Å². The summed E-state index contributed by atoms with van der Waals surface area (Å²) in [7, 11) is 0. The van der Waals surface area contributed by atoms with Crippen molar-refractivity contribution in [1.29, 1.82) is 0 Å². The third kappa shape index (κ3) is 5.25. The number of amides is 2. The molecule has 1 aromatic rings. The molecule has 3 heterocycles. The predicted molar refractivity (Wildman–Crippen MR) is 112 cm³/mol. The summed E-state index contributed by atoms with van der Waals surface area (Å²) in [4.78, 5) is 59.2. The smallest absolute Gasteiger partial charge is 0.372 e. The molecular formula is C17H18N4O7S3. The number of rotatable bonds is 10. The number of carboxylic acid groups (broad SMARTS) is 2. The van der Waals surface area contributed by atoms with Crippen molar-refractivity contribution in [2.75, 3.05) is 11.5 Å². The SMILES string of the molecule is Cc1nnc(SCC2=C(C(=O)O)N3C(=O)[C@@H](NC(=O)CCCC(=O)C(=O)O)[C@H]3SC2)s1. The van der Waals surface area contributed by atoms with E-state index < -0.39 is 41.0 Å². The number of carboxylic acids is 2. The van der Waals surface area contributed by atoms with Crippen molar-refractivity contribution in [3.8, 4) is 0 Å². The second-order valence-corrected chi connectivity index (χ2v) is 10.2. The highest BCUT2D eigenvalue weighted by Crippen LogP contribution is 2.41. The van der Waals surface area contributed by atoms with Crippen LogP contribution >= 0.6 is 34.9 Å². The minimum atomic E-state index is -1.55. The summed E-state index contributed by atoms with van der Waals surface area (Å²) in [5.41, 5.74) is 0.525. The number of β-lactam (4-membered cyclic amide) rings is 1. The number of nitrogens with one attached hydrogen (secondary N) is 1. The van der Waals surface area contributed by atoms with Crippen molar-refractivity contribution in [1.82, 2.24) is 20.4 Å². The van der Waals surface area contributed by atoms with E-state index in [2.05, 4.69) is 15.5 Å². The van der Waals surface area contributed by atoms with Gasteiger partial charge in [0.2, 0.25) is 11.7 Å². The Bertz CT molecular complexity index is 977. The number of Topliss-reactive ketones (excluding diaryl/α,β-unsaturated/α-hetero) is 1. The summed E-state index contributed by atoms with van der Waals surface area (Å²) in [6, 6.07) is -0.859. The number of aliphatic carboxylic acids is 2. The van der Waals surface area contributed by atoms with Gasteiger partial charge < -0.3 is 15.5 Å². The zero-order valence-electron chi connectivity index (χ0n) is 16.2. The molecule has 2 amide bonds. The molecule has 0 aliphatic carbocycles. The summed E-state index contributed by atoms with van der Waals surface area (Å²) < 4.78 is 0.711. The first-order valence-electron chi connectivity index (χ1n) is 9.07. The lowest BCUT2D eigenvalue weighted by molar-refractivity contribution is -0.150. The van der Waals surface area contributed by atoms with Crippen LogP contribution < -0.4 is 5.32 Å². The first kappa shape index (κ1) is 23.2. The number of aromatic nitrogens is 2. The van der Waals surface area contributed by atoms with Crippen molar-refractivity contribution in [3.05, 3.63) is 16.3 Å². The standard InChI is InChI=1S/C17H18N4O7S3/c1-7-19-20-17(31-7)30-6-8-5-29-14-11(13(24)21(14)12(8)16(27)28)18-10(23)4-2-3-9(22)15(25)26/h11,14H,2-6H2,1H3,(H,18,23)(H,25,26)(H,27,28)/t11-,14-/m1/s1. The van der Waals surface area contributed by atoms with Gasteiger partial charge in [-0.05, 0) is 18.9 Å². The maximum Gasteiger partial charge on any atom is 0.372 e. The van der Waals surface area contributed by atoms with Crippen LogP contribution in [-0.2, 0) is 24.0 Å². The van der Waals surface area contributed by atoms with Gasteiger partial charge in [0.25, 0.3) is 5.91 Å². The van der Waals surface area contributed by atoms with Crippen LogP contribution in [0.2, 0.25) is 0 Å². The van der Waals surface area contributed by atoms with Gasteiger partial charge in [-0.15, -0.1) is 22.0 Å². The van der Waals surface area contributed by atoms with Crippen LogP contribution in [0.1, 0.15) is 24.3 Å². The largest absolute Gasteiger partial charge is 0.477 e. The summed E-state index contributed by atoms with van der Waals surface area (Å²) in [6.07, 6.45) is -0.330. The molecule has 0 radical (unpaired) electrons. The first-order valence-corrected chi connectivity index (χ1v) is 11.9. The van der Waals surface area contributed by atoms with Crippen molar-refractivity contribution >= 4 is 64.4 Å². The molecule has 0 bridgehead atoms. The van der Waals surface area contributed by atoms with E-state index in [-0.39, 0.29) is 25.0 Å². The minimum Gasteiger partial charge on any atom is -0.477 e. The van der Waals surface area contributed by atoms with Crippen LogP contribution in [0.5, 0.6) is 0 Å². The number of aryl methyl sites for hydroxylation is 1. The number of hydrogen-bond donors (Lipinski definition) is 3. The van der Waals surface area contributed by atoms with Gasteiger partial charge in [-0.3, -0.25) is 19.3 Å². The number of hydrogen-bond acceptors (Lipinski definition) is 10. The molecule has 166 valence electrons. The molecule has 14 heteroatoms. The summed E-state index contributed by atoms with van der Waals surface area (Å²) in [5, 5.41) is 29.0. The molecule has 2 aliphatic rings. The van der Waals surface area contributed by atoms with Gasteiger partial charge >= 0.3 is 11.9 Å². The van der Waals surface area contributed by atoms with Gasteiger partial charge in [0, 0.05) is 24.3 Å². The topological polar surface area (TPSA) is 167 Å². The highest BCUT2D eigenvalue weighted by Gasteiger charge is 2.54. The van der Waals surface area contributed by atoms with Gasteiger partial charge in [-0.25, -0.2) is 9.59 Å². The average molecular weight is 487 g/mol. The normalized spacial score (nSPS) is 20.2. The van der Waals surface area contributed by atoms with E-state index in [4.69, 9.17) is 5.11 Å². The Balaban J connectivity index is 1.59. The Morgan fingerprint density at radius 2 is 1.97 bits per heavy atom. The van der Waals surface area contributed by atoms with Crippen LogP contribution in [0, 0.1) is 6.92 Å². The van der Waals surface area contributed by atoms with Crippen molar-refractivity contribution < 1.29 is 34.2 Å². The van der Waals surface area contributed by atoms with Crippen molar-refractivity contribution in [2.45, 2.75) is 41.9 Å². The summed E-state index contributed by atoms with van der Waals surface area (Å²) >= 11 is 4.12. The fraction of sp³-hybridized carbons (Fsp3) is 0.471. The van der Waals surface area contributed by atoms with Gasteiger partial charge in [0.15, 0.2) is 4.34 Å². The third-order valence-electron chi connectivity index (χ3n) is 4.49. The molecule has 1 saturated heterocycles. The molecule has 2 aliphatic heterocycles. The van der Waals surface area contributed by atoms with Crippen molar-refractivity contribution in [2.24, 2.45) is 0 Å². The van der Waals surface area contributed by atoms with E-state index in [0.29, 0.717) is 21.4 Å². The number of ketones is 1. The number of nitrogens with zero attached hydrogens (tertiary/aromatic N) is 3. The van der Waals surface area contributed by atoms with Gasteiger partial charge in [0.1, 0.15) is 22.1 Å². The van der Waals surface area contributed by atoms with Crippen LogP contribution in [-0.4, -0.2) is 77.8 Å². The fourth-order valence-electron chi connectivity index (χ4n) is 3.04. The Morgan fingerprint density at radius 1 is 1.23 bits per heavy atom. The molecule has 3 N–H and O–H groups in total.